The third-order valence-electron chi connectivity index (χ3n) is 11.1. The summed E-state index contributed by atoms with van der Waals surface area (Å²) in [6.45, 7) is 10.8. The van der Waals surface area contributed by atoms with Gasteiger partial charge in [0.05, 0.1) is 11.0 Å². The number of hydrogen-bond acceptors (Lipinski definition) is 0. The van der Waals surface area contributed by atoms with Crippen molar-refractivity contribution in [2.24, 2.45) is 0 Å². The minimum atomic E-state index is -0.0710. The van der Waals surface area contributed by atoms with Gasteiger partial charge in [-0.15, -0.1) is 0 Å². The summed E-state index contributed by atoms with van der Waals surface area (Å²) in [5, 5.41) is 2.51. The Kier molecular flexibility index (Phi) is 7.94. The van der Waals surface area contributed by atoms with Crippen LogP contribution in [-0.4, -0.2) is 4.57 Å². The van der Waals surface area contributed by atoms with Gasteiger partial charge < -0.3 is 4.57 Å². The molecular formula is C52H41N. The largest absolute Gasteiger partial charge is 0.309 e. The van der Waals surface area contributed by atoms with Crippen molar-refractivity contribution in [1.82, 2.24) is 4.57 Å². The molecule has 1 aromatic heterocycles. The van der Waals surface area contributed by atoms with Crippen LogP contribution in [0.3, 0.4) is 0 Å². The number of aromatic nitrogens is 1. The van der Waals surface area contributed by atoms with E-state index in [2.05, 4.69) is 208 Å². The molecule has 0 amide bonds. The molecule has 0 saturated carbocycles. The van der Waals surface area contributed by atoms with Crippen LogP contribution < -0.4 is 0 Å². The van der Waals surface area contributed by atoms with Gasteiger partial charge in [-0.2, -0.15) is 0 Å². The van der Waals surface area contributed by atoms with E-state index in [1.807, 2.05) is 6.08 Å². The Balaban J connectivity index is 1.16. The Labute approximate surface area is 312 Å². The van der Waals surface area contributed by atoms with Gasteiger partial charge in [0.2, 0.25) is 0 Å². The van der Waals surface area contributed by atoms with Gasteiger partial charge >= 0.3 is 0 Å². The van der Waals surface area contributed by atoms with E-state index in [1.165, 1.54) is 88.6 Å². The smallest absolute Gasteiger partial charge is 0.0547 e. The highest BCUT2D eigenvalue weighted by Crippen LogP contribution is 2.50. The molecule has 0 fully saturated rings. The van der Waals surface area contributed by atoms with Gasteiger partial charge in [-0.3, -0.25) is 0 Å². The molecule has 254 valence electrons. The number of para-hydroxylation sites is 1. The highest BCUT2D eigenvalue weighted by molar-refractivity contribution is 6.10. The Hall–Kier alpha value is -6.44. The van der Waals surface area contributed by atoms with Crippen LogP contribution in [0.2, 0.25) is 0 Å². The van der Waals surface area contributed by atoms with Crippen molar-refractivity contribution in [3.63, 3.8) is 0 Å². The molecule has 0 N–H and O–H groups in total. The van der Waals surface area contributed by atoms with E-state index in [9.17, 15) is 0 Å². The third-order valence-corrected chi connectivity index (χ3v) is 11.1. The molecule has 9 rings (SSSR count). The average Bonchev–Trinajstić information content (AvgIpc) is 3.65. The van der Waals surface area contributed by atoms with E-state index in [4.69, 9.17) is 0 Å². The standard InChI is InChI=1S/C52H41N/c1-5-15-48-44(6-2)47-33-38(25-29-49(47)52(48,3)4)39-24-28-46-45-20-13-14-21-50(45)53(51(46)34-39)43-26-22-37(23-27-43)42-31-40(35-16-9-7-10-17-35)30-41(32-42)36-18-11-8-12-19-36/h5-34H,1H2,2-4H3/b44-6-,48-15+. The molecular weight excluding hydrogens is 639 g/mol. The van der Waals surface area contributed by atoms with Crippen LogP contribution in [-0.2, 0) is 5.41 Å². The van der Waals surface area contributed by atoms with Crippen LogP contribution in [0.25, 0.3) is 77.6 Å². The predicted octanol–water partition coefficient (Wildman–Crippen LogP) is 14.3. The molecule has 0 radical (unpaired) electrons. The summed E-state index contributed by atoms with van der Waals surface area (Å²) in [6.07, 6.45) is 6.33. The lowest BCUT2D eigenvalue weighted by molar-refractivity contribution is 0.661. The van der Waals surface area contributed by atoms with Crippen LogP contribution >= 0.6 is 0 Å². The van der Waals surface area contributed by atoms with Crippen molar-refractivity contribution in [1.29, 1.82) is 0 Å². The zero-order chi connectivity index (χ0) is 36.1. The van der Waals surface area contributed by atoms with E-state index < -0.39 is 0 Å². The Morgan fingerprint density at radius 1 is 0.491 bits per heavy atom. The SMILES string of the molecule is C=C/C=C1\C(=C/C)c2cc(-c3ccc4c5ccccc5n(-c5ccc(-c6cc(-c7ccccc7)cc(-c7ccccc7)c6)cc5)c4c3)ccc2C1(C)C. The van der Waals surface area contributed by atoms with Crippen LogP contribution in [0.5, 0.6) is 0 Å². The summed E-state index contributed by atoms with van der Waals surface area (Å²) in [5.74, 6) is 0. The first-order chi connectivity index (χ1) is 25.9. The summed E-state index contributed by atoms with van der Waals surface area (Å²) in [5.41, 5.74) is 18.5. The van der Waals surface area contributed by atoms with Gasteiger partial charge in [-0.25, -0.2) is 0 Å². The van der Waals surface area contributed by atoms with Crippen molar-refractivity contribution in [2.45, 2.75) is 26.2 Å². The van der Waals surface area contributed by atoms with E-state index in [1.54, 1.807) is 0 Å². The number of rotatable bonds is 6. The molecule has 0 aliphatic heterocycles. The molecule has 1 aliphatic rings. The molecule has 1 heteroatoms. The Morgan fingerprint density at radius 2 is 1.02 bits per heavy atom. The van der Waals surface area contributed by atoms with Crippen molar-refractivity contribution in [3.05, 3.63) is 205 Å². The van der Waals surface area contributed by atoms with Crippen LogP contribution in [0, 0.1) is 0 Å². The first kappa shape index (κ1) is 32.5. The fourth-order valence-corrected chi connectivity index (χ4v) is 8.47. The molecule has 8 aromatic rings. The number of benzene rings is 7. The molecule has 0 atom stereocenters. The summed E-state index contributed by atoms with van der Waals surface area (Å²) in [4.78, 5) is 0. The summed E-state index contributed by atoms with van der Waals surface area (Å²) >= 11 is 0. The fourth-order valence-electron chi connectivity index (χ4n) is 8.47. The zero-order valence-corrected chi connectivity index (χ0v) is 30.5. The van der Waals surface area contributed by atoms with Gasteiger partial charge in [-0.1, -0.05) is 154 Å². The van der Waals surface area contributed by atoms with Crippen molar-refractivity contribution in [3.8, 4) is 50.2 Å². The zero-order valence-electron chi connectivity index (χ0n) is 30.5. The third kappa shape index (κ3) is 5.48. The van der Waals surface area contributed by atoms with E-state index in [0.717, 1.165) is 5.69 Å². The maximum Gasteiger partial charge on any atom is 0.0547 e. The van der Waals surface area contributed by atoms with Crippen molar-refractivity contribution in [2.75, 3.05) is 0 Å². The second kappa shape index (κ2) is 13.0. The maximum absolute atomic E-state index is 4.01. The minimum Gasteiger partial charge on any atom is -0.309 e. The lowest BCUT2D eigenvalue weighted by atomic mass is 9.82. The Morgan fingerprint density at radius 3 is 1.64 bits per heavy atom. The molecule has 0 spiro atoms. The molecule has 0 saturated heterocycles. The number of hydrogen-bond donors (Lipinski definition) is 0. The van der Waals surface area contributed by atoms with Crippen LogP contribution in [0.4, 0.5) is 0 Å². The predicted molar refractivity (Wildman–Crippen MR) is 227 cm³/mol. The average molecular weight is 680 g/mol. The lowest BCUT2D eigenvalue weighted by Gasteiger charge is -2.21. The monoisotopic (exact) mass is 679 g/mol. The highest BCUT2D eigenvalue weighted by Gasteiger charge is 2.37. The highest BCUT2D eigenvalue weighted by atomic mass is 15.0. The Bertz CT molecular complexity index is 2680. The van der Waals surface area contributed by atoms with E-state index in [0.29, 0.717) is 0 Å². The van der Waals surface area contributed by atoms with Gasteiger partial charge in [-0.05, 0) is 122 Å². The molecule has 7 aromatic carbocycles. The van der Waals surface area contributed by atoms with Crippen molar-refractivity contribution >= 4 is 27.4 Å². The van der Waals surface area contributed by atoms with Gasteiger partial charge in [0.1, 0.15) is 0 Å². The molecule has 0 unspecified atom stereocenters. The first-order valence-electron chi connectivity index (χ1n) is 18.5. The fraction of sp³-hybridized carbons (Fsp3) is 0.0769. The minimum absolute atomic E-state index is 0.0710. The molecule has 53 heavy (non-hydrogen) atoms. The molecule has 1 heterocycles. The second-order valence-corrected chi connectivity index (χ2v) is 14.6. The number of fused-ring (bicyclic) bond motifs is 4. The number of nitrogens with zero attached hydrogens (tertiary/aromatic N) is 1. The molecule has 0 bridgehead atoms. The molecule has 1 aliphatic carbocycles. The summed E-state index contributed by atoms with van der Waals surface area (Å²) in [6, 6.07) is 60.1. The quantitative estimate of drug-likeness (QED) is 0.165. The van der Waals surface area contributed by atoms with Gasteiger partial charge in [0.25, 0.3) is 0 Å². The number of allylic oxidation sites excluding steroid dienone is 5. The first-order valence-corrected chi connectivity index (χ1v) is 18.5. The van der Waals surface area contributed by atoms with Crippen molar-refractivity contribution < 1.29 is 0 Å². The normalized spacial score (nSPS) is 15.0. The van der Waals surface area contributed by atoms with Gasteiger partial charge in [0.15, 0.2) is 0 Å². The van der Waals surface area contributed by atoms with E-state index in [-0.39, 0.29) is 5.41 Å². The second-order valence-electron chi connectivity index (χ2n) is 14.6. The topological polar surface area (TPSA) is 4.93 Å². The molecule has 1 nitrogen and oxygen atoms in total. The summed E-state index contributed by atoms with van der Waals surface area (Å²) in [7, 11) is 0. The lowest BCUT2D eigenvalue weighted by Crippen LogP contribution is -2.14. The van der Waals surface area contributed by atoms with E-state index >= 15 is 0 Å². The maximum atomic E-state index is 4.01. The summed E-state index contributed by atoms with van der Waals surface area (Å²) < 4.78 is 2.42. The van der Waals surface area contributed by atoms with Crippen LogP contribution in [0.15, 0.2) is 194 Å². The van der Waals surface area contributed by atoms with Gasteiger partial charge in [0, 0.05) is 21.9 Å². The van der Waals surface area contributed by atoms with Crippen LogP contribution in [0.1, 0.15) is 31.9 Å².